The van der Waals surface area contributed by atoms with E-state index in [-0.39, 0.29) is 5.91 Å². The standard InChI is InChI=1S/C16H22N4O/c1-12-5-7-15(8-6-12)17-16(21)11-19(3)9-14-10-20(4)18-13(14)2/h5-8,10H,9,11H2,1-4H3,(H,17,21). The number of nitrogens with zero attached hydrogens (tertiary/aromatic N) is 3. The highest BCUT2D eigenvalue weighted by Gasteiger charge is 2.10. The van der Waals surface area contributed by atoms with Crippen LogP contribution in [0.2, 0.25) is 0 Å². The molecule has 0 saturated carbocycles. The van der Waals surface area contributed by atoms with E-state index in [0.29, 0.717) is 13.1 Å². The smallest absolute Gasteiger partial charge is 0.238 e. The third kappa shape index (κ3) is 4.43. The Morgan fingerprint density at radius 1 is 1.29 bits per heavy atom. The largest absolute Gasteiger partial charge is 0.325 e. The Hall–Kier alpha value is -2.14. The molecule has 0 bridgehead atoms. The van der Waals surface area contributed by atoms with Crippen molar-refractivity contribution in [3.63, 3.8) is 0 Å². The maximum atomic E-state index is 12.0. The van der Waals surface area contributed by atoms with Crippen molar-refractivity contribution < 1.29 is 4.79 Å². The lowest BCUT2D eigenvalue weighted by Gasteiger charge is -2.15. The van der Waals surface area contributed by atoms with Gasteiger partial charge in [0.2, 0.25) is 5.91 Å². The molecule has 2 aromatic rings. The molecule has 0 atom stereocenters. The van der Waals surface area contributed by atoms with E-state index in [2.05, 4.69) is 10.4 Å². The summed E-state index contributed by atoms with van der Waals surface area (Å²) < 4.78 is 1.80. The third-order valence-electron chi connectivity index (χ3n) is 3.30. The van der Waals surface area contributed by atoms with Crippen LogP contribution >= 0.6 is 0 Å². The maximum Gasteiger partial charge on any atom is 0.238 e. The van der Waals surface area contributed by atoms with Crippen LogP contribution in [0.5, 0.6) is 0 Å². The summed E-state index contributed by atoms with van der Waals surface area (Å²) in [4.78, 5) is 14.0. The molecule has 21 heavy (non-hydrogen) atoms. The van der Waals surface area contributed by atoms with Gasteiger partial charge in [0.25, 0.3) is 0 Å². The minimum absolute atomic E-state index is 0.0112. The molecule has 0 aliphatic heterocycles. The fourth-order valence-electron chi connectivity index (χ4n) is 2.23. The molecule has 1 heterocycles. The van der Waals surface area contributed by atoms with Gasteiger partial charge in [0.15, 0.2) is 0 Å². The fraction of sp³-hybridized carbons (Fsp3) is 0.375. The van der Waals surface area contributed by atoms with Crippen molar-refractivity contribution in [2.45, 2.75) is 20.4 Å². The number of benzene rings is 1. The number of rotatable bonds is 5. The number of nitrogens with one attached hydrogen (secondary N) is 1. The van der Waals surface area contributed by atoms with Crippen LogP contribution in [-0.2, 0) is 18.4 Å². The number of hydrogen-bond donors (Lipinski definition) is 1. The lowest BCUT2D eigenvalue weighted by Crippen LogP contribution is -2.29. The van der Waals surface area contributed by atoms with E-state index in [0.717, 1.165) is 16.9 Å². The molecular formula is C16H22N4O. The second-order valence-corrected chi connectivity index (χ2v) is 5.50. The molecule has 0 spiro atoms. The van der Waals surface area contributed by atoms with Crippen LogP contribution in [0.4, 0.5) is 5.69 Å². The van der Waals surface area contributed by atoms with Crippen molar-refractivity contribution in [1.82, 2.24) is 14.7 Å². The van der Waals surface area contributed by atoms with Crippen molar-refractivity contribution >= 4 is 11.6 Å². The summed E-state index contributed by atoms with van der Waals surface area (Å²) in [6.07, 6.45) is 1.99. The quantitative estimate of drug-likeness (QED) is 0.916. The summed E-state index contributed by atoms with van der Waals surface area (Å²) in [5.74, 6) is -0.0112. The number of amides is 1. The molecule has 0 radical (unpaired) electrons. The van der Waals surface area contributed by atoms with Crippen LogP contribution in [0.15, 0.2) is 30.5 Å². The molecule has 0 fully saturated rings. The van der Waals surface area contributed by atoms with Gasteiger partial charge in [0.1, 0.15) is 0 Å². The Morgan fingerprint density at radius 2 is 1.95 bits per heavy atom. The highest BCUT2D eigenvalue weighted by Crippen LogP contribution is 2.10. The summed E-state index contributed by atoms with van der Waals surface area (Å²) in [5.41, 5.74) is 4.15. The fourth-order valence-corrected chi connectivity index (χ4v) is 2.23. The normalized spacial score (nSPS) is 10.9. The third-order valence-corrected chi connectivity index (χ3v) is 3.30. The van der Waals surface area contributed by atoms with Gasteiger partial charge in [-0.2, -0.15) is 5.10 Å². The van der Waals surface area contributed by atoms with Gasteiger partial charge in [0.05, 0.1) is 12.2 Å². The molecular weight excluding hydrogens is 264 g/mol. The molecule has 0 aliphatic carbocycles. The van der Waals surface area contributed by atoms with Crippen molar-refractivity contribution in [3.05, 3.63) is 47.3 Å². The molecule has 0 saturated heterocycles. The first-order valence-corrected chi connectivity index (χ1v) is 6.98. The van der Waals surface area contributed by atoms with E-state index < -0.39 is 0 Å². The van der Waals surface area contributed by atoms with Gasteiger partial charge in [-0.25, -0.2) is 0 Å². The zero-order valence-corrected chi connectivity index (χ0v) is 13.1. The highest BCUT2D eigenvalue weighted by atomic mass is 16.2. The van der Waals surface area contributed by atoms with E-state index in [1.807, 2.05) is 63.3 Å². The van der Waals surface area contributed by atoms with Crippen LogP contribution in [0.3, 0.4) is 0 Å². The van der Waals surface area contributed by atoms with Crippen LogP contribution in [0.1, 0.15) is 16.8 Å². The number of aryl methyl sites for hydroxylation is 3. The van der Waals surface area contributed by atoms with Gasteiger partial charge in [0, 0.05) is 31.0 Å². The SMILES string of the molecule is Cc1ccc(NC(=O)CN(C)Cc2cn(C)nc2C)cc1. The van der Waals surface area contributed by atoms with Crippen LogP contribution in [-0.4, -0.2) is 34.2 Å². The first-order chi connectivity index (χ1) is 9.94. The van der Waals surface area contributed by atoms with Crippen molar-refractivity contribution in [2.75, 3.05) is 18.9 Å². The Morgan fingerprint density at radius 3 is 2.52 bits per heavy atom. The zero-order chi connectivity index (χ0) is 15.4. The van der Waals surface area contributed by atoms with Gasteiger partial charge in [-0.3, -0.25) is 14.4 Å². The molecule has 1 N–H and O–H groups in total. The second-order valence-electron chi connectivity index (χ2n) is 5.50. The first-order valence-electron chi connectivity index (χ1n) is 6.98. The summed E-state index contributed by atoms with van der Waals surface area (Å²) in [5, 5.41) is 7.21. The minimum atomic E-state index is -0.0112. The monoisotopic (exact) mass is 286 g/mol. The lowest BCUT2D eigenvalue weighted by atomic mass is 10.2. The van der Waals surface area contributed by atoms with E-state index in [1.54, 1.807) is 4.68 Å². The summed E-state index contributed by atoms with van der Waals surface area (Å²) in [6.45, 7) is 5.06. The van der Waals surface area contributed by atoms with E-state index in [4.69, 9.17) is 0 Å². The van der Waals surface area contributed by atoms with Crippen LogP contribution < -0.4 is 5.32 Å². The Bertz CT molecular complexity index is 616. The average Bonchev–Trinajstić information content (AvgIpc) is 2.70. The molecule has 1 amide bonds. The van der Waals surface area contributed by atoms with E-state index in [9.17, 15) is 4.79 Å². The molecule has 1 aromatic heterocycles. The lowest BCUT2D eigenvalue weighted by molar-refractivity contribution is -0.117. The van der Waals surface area contributed by atoms with Crippen molar-refractivity contribution in [2.24, 2.45) is 7.05 Å². The zero-order valence-electron chi connectivity index (χ0n) is 13.1. The molecule has 112 valence electrons. The Kier molecular flexibility index (Phi) is 4.75. The Labute approximate surface area is 125 Å². The summed E-state index contributed by atoms with van der Waals surface area (Å²) in [7, 11) is 3.84. The summed E-state index contributed by atoms with van der Waals surface area (Å²) in [6, 6.07) is 7.80. The van der Waals surface area contributed by atoms with Crippen LogP contribution in [0.25, 0.3) is 0 Å². The Balaban J connectivity index is 1.87. The van der Waals surface area contributed by atoms with Crippen LogP contribution in [0, 0.1) is 13.8 Å². The van der Waals surface area contributed by atoms with Gasteiger partial charge in [-0.05, 0) is 33.0 Å². The minimum Gasteiger partial charge on any atom is -0.325 e. The number of carbonyl (C=O) groups is 1. The molecule has 2 rings (SSSR count). The van der Waals surface area contributed by atoms with Gasteiger partial charge in [-0.1, -0.05) is 17.7 Å². The number of aromatic nitrogens is 2. The molecule has 5 heteroatoms. The second kappa shape index (κ2) is 6.54. The molecule has 5 nitrogen and oxygen atoms in total. The van der Waals surface area contributed by atoms with Crippen molar-refractivity contribution in [1.29, 1.82) is 0 Å². The van der Waals surface area contributed by atoms with Gasteiger partial charge < -0.3 is 5.32 Å². The number of hydrogen-bond acceptors (Lipinski definition) is 3. The molecule has 1 aromatic carbocycles. The van der Waals surface area contributed by atoms with E-state index in [1.165, 1.54) is 5.56 Å². The predicted molar refractivity (Wildman–Crippen MR) is 84.1 cm³/mol. The highest BCUT2D eigenvalue weighted by molar-refractivity contribution is 5.92. The predicted octanol–water partition coefficient (Wildman–Crippen LogP) is 2.11. The van der Waals surface area contributed by atoms with Gasteiger partial charge >= 0.3 is 0 Å². The first kappa shape index (κ1) is 15.3. The topological polar surface area (TPSA) is 50.2 Å². The van der Waals surface area contributed by atoms with Gasteiger partial charge in [-0.15, -0.1) is 0 Å². The maximum absolute atomic E-state index is 12.0. The molecule has 0 unspecified atom stereocenters. The number of carbonyl (C=O) groups excluding carboxylic acids is 1. The number of likely N-dealkylation sites (N-methyl/N-ethyl adjacent to an activating group) is 1. The summed E-state index contributed by atoms with van der Waals surface area (Å²) >= 11 is 0. The number of anilines is 1. The average molecular weight is 286 g/mol. The van der Waals surface area contributed by atoms with Crippen molar-refractivity contribution in [3.8, 4) is 0 Å². The molecule has 0 aliphatic rings. The van der Waals surface area contributed by atoms with E-state index >= 15 is 0 Å².